The SMILES string of the molecule is CCOc1ccc(Cc2sc(CC(=O)O)nc2C)cc1. The standard InChI is InChI=1S/C15H17NO3S/c1-3-19-12-6-4-11(5-7-12)8-13-10(2)16-14(20-13)9-15(17)18/h4-7H,3,8-9H2,1-2H3,(H,17,18). The summed E-state index contributed by atoms with van der Waals surface area (Å²) in [7, 11) is 0. The van der Waals surface area contributed by atoms with E-state index < -0.39 is 5.97 Å². The average molecular weight is 291 g/mol. The van der Waals surface area contributed by atoms with Crippen molar-refractivity contribution in [3.63, 3.8) is 0 Å². The van der Waals surface area contributed by atoms with Crippen molar-refractivity contribution in [3.8, 4) is 5.75 Å². The maximum Gasteiger partial charge on any atom is 0.310 e. The van der Waals surface area contributed by atoms with Crippen LogP contribution in [0.25, 0.3) is 0 Å². The number of carbonyl (C=O) groups is 1. The number of carboxylic acid groups (broad SMARTS) is 1. The molecule has 2 rings (SSSR count). The Morgan fingerprint density at radius 1 is 1.35 bits per heavy atom. The van der Waals surface area contributed by atoms with Gasteiger partial charge in [0.2, 0.25) is 0 Å². The van der Waals surface area contributed by atoms with Crippen molar-refractivity contribution in [3.05, 3.63) is 45.4 Å². The predicted octanol–water partition coefficient (Wildman–Crippen LogP) is 3.07. The van der Waals surface area contributed by atoms with Gasteiger partial charge in [-0.3, -0.25) is 4.79 Å². The van der Waals surface area contributed by atoms with E-state index in [4.69, 9.17) is 9.84 Å². The predicted molar refractivity (Wildman–Crippen MR) is 78.6 cm³/mol. The Labute approximate surface area is 122 Å². The molecule has 2 aromatic rings. The van der Waals surface area contributed by atoms with Crippen molar-refractivity contribution < 1.29 is 14.6 Å². The van der Waals surface area contributed by atoms with Gasteiger partial charge in [-0.25, -0.2) is 4.98 Å². The van der Waals surface area contributed by atoms with Gasteiger partial charge in [0.15, 0.2) is 0 Å². The van der Waals surface area contributed by atoms with Gasteiger partial charge in [0, 0.05) is 11.3 Å². The normalized spacial score (nSPS) is 10.5. The van der Waals surface area contributed by atoms with Crippen molar-refractivity contribution in [2.24, 2.45) is 0 Å². The van der Waals surface area contributed by atoms with E-state index >= 15 is 0 Å². The van der Waals surface area contributed by atoms with Gasteiger partial charge in [0.05, 0.1) is 18.7 Å². The number of aryl methyl sites for hydroxylation is 1. The van der Waals surface area contributed by atoms with Gasteiger partial charge in [-0.15, -0.1) is 11.3 Å². The van der Waals surface area contributed by atoms with E-state index in [2.05, 4.69) is 4.98 Å². The first-order valence-corrected chi connectivity index (χ1v) is 7.29. The number of benzene rings is 1. The van der Waals surface area contributed by atoms with Crippen LogP contribution in [0, 0.1) is 6.92 Å². The number of carboxylic acids is 1. The number of ether oxygens (including phenoxy) is 1. The molecule has 0 aliphatic rings. The van der Waals surface area contributed by atoms with Crippen LogP contribution in [0.2, 0.25) is 0 Å². The number of hydrogen-bond donors (Lipinski definition) is 1. The molecule has 20 heavy (non-hydrogen) atoms. The van der Waals surface area contributed by atoms with Crippen molar-refractivity contribution in [2.45, 2.75) is 26.7 Å². The molecule has 0 amide bonds. The molecule has 106 valence electrons. The van der Waals surface area contributed by atoms with E-state index in [1.54, 1.807) is 0 Å². The highest BCUT2D eigenvalue weighted by Gasteiger charge is 2.11. The first-order valence-electron chi connectivity index (χ1n) is 6.47. The summed E-state index contributed by atoms with van der Waals surface area (Å²) < 4.78 is 5.41. The summed E-state index contributed by atoms with van der Waals surface area (Å²) in [6.07, 6.45) is 0.768. The number of rotatable bonds is 6. The summed E-state index contributed by atoms with van der Waals surface area (Å²) in [4.78, 5) is 16.1. The van der Waals surface area contributed by atoms with Gasteiger partial charge in [-0.05, 0) is 31.5 Å². The van der Waals surface area contributed by atoms with Crippen LogP contribution in [-0.2, 0) is 17.6 Å². The maximum absolute atomic E-state index is 10.7. The molecule has 0 fully saturated rings. The zero-order valence-electron chi connectivity index (χ0n) is 11.5. The summed E-state index contributed by atoms with van der Waals surface area (Å²) in [6.45, 7) is 4.54. The summed E-state index contributed by atoms with van der Waals surface area (Å²) in [5.41, 5.74) is 2.09. The fourth-order valence-corrected chi connectivity index (χ4v) is 3.01. The first kappa shape index (κ1) is 14.5. The number of hydrogen-bond acceptors (Lipinski definition) is 4. The minimum atomic E-state index is -0.841. The molecule has 4 nitrogen and oxygen atoms in total. The lowest BCUT2D eigenvalue weighted by Crippen LogP contribution is -1.98. The van der Waals surface area contributed by atoms with Crippen molar-refractivity contribution >= 4 is 17.3 Å². The van der Waals surface area contributed by atoms with E-state index in [9.17, 15) is 4.79 Å². The molecule has 1 aromatic carbocycles. The molecular formula is C15H17NO3S. The highest BCUT2D eigenvalue weighted by atomic mass is 32.1. The van der Waals surface area contributed by atoms with Crippen LogP contribution in [0.15, 0.2) is 24.3 Å². The Kier molecular flexibility index (Phi) is 4.74. The maximum atomic E-state index is 10.7. The molecule has 0 saturated heterocycles. The van der Waals surface area contributed by atoms with Gasteiger partial charge < -0.3 is 9.84 Å². The summed E-state index contributed by atoms with van der Waals surface area (Å²) in [6, 6.07) is 7.96. The third-order valence-corrected chi connectivity index (χ3v) is 4.00. The van der Waals surface area contributed by atoms with E-state index in [0.29, 0.717) is 11.6 Å². The molecule has 1 aromatic heterocycles. The number of nitrogens with zero attached hydrogens (tertiary/aromatic N) is 1. The lowest BCUT2D eigenvalue weighted by molar-refractivity contribution is -0.136. The Balaban J connectivity index is 2.09. The number of thiazole rings is 1. The molecule has 0 saturated carbocycles. The topological polar surface area (TPSA) is 59.4 Å². The third kappa shape index (κ3) is 3.81. The van der Waals surface area contributed by atoms with Crippen LogP contribution < -0.4 is 4.74 Å². The first-order chi connectivity index (χ1) is 9.58. The van der Waals surface area contributed by atoms with Crippen molar-refractivity contribution in [2.75, 3.05) is 6.61 Å². The molecule has 1 N–H and O–H groups in total. The summed E-state index contributed by atoms with van der Waals surface area (Å²) in [5, 5.41) is 9.45. The van der Waals surface area contributed by atoms with Gasteiger partial charge in [-0.2, -0.15) is 0 Å². The highest BCUT2D eigenvalue weighted by molar-refractivity contribution is 7.11. The van der Waals surface area contributed by atoms with Crippen LogP contribution in [0.1, 0.15) is 28.1 Å². The van der Waals surface area contributed by atoms with Crippen LogP contribution in [0.3, 0.4) is 0 Å². The Morgan fingerprint density at radius 2 is 2.05 bits per heavy atom. The van der Waals surface area contributed by atoms with E-state index in [0.717, 1.165) is 22.7 Å². The second-order valence-electron chi connectivity index (χ2n) is 4.44. The molecule has 0 unspecified atom stereocenters. The molecule has 5 heteroatoms. The molecule has 0 bridgehead atoms. The Bertz CT molecular complexity index is 590. The average Bonchev–Trinajstić information content (AvgIpc) is 2.71. The van der Waals surface area contributed by atoms with Gasteiger partial charge in [0.25, 0.3) is 0 Å². The lowest BCUT2D eigenvalue weighted by Gasteiger charge is -2.04. The number of aliphatic carboxylic acids is 1. The van der Waals surface area contributed by atoms with E-state index in [1.165, 1.54) is 16.9 Å². The molecular weight excluding hydrogens is 274 g/mol. The largest absolute Gasteiger partial charge is 0.494 e. The summed E-state index contributed by atoms with van der Waals surface area (Å²) in [5.74, 6) is 0.0233. The highest BCUT2D eigenvalue weighted by Crippen LogP contribution is 2.23. The Morgan fingerprint density at radius 3 is 2.65 bits per heavy atom. The minimum absolute atomic E-state index is 0.00517. The third-order valence-electron chi connectivity index (χ3n) is 2.84. The quantitative estimate of drug-likeness (QED) is 0.888. The zero-order chi connectivity index (χ0) is 14.5. The van der Waals surface area contributed by atoms with Crippen LogP contribution >= 0.6 is 11.3 Å². The minimum Gasteiger partial charge on any atom is -0.494 e. The monoisotopic (exact) mass is 291 g/mol. The van der Waals surface area contributed by atoms with Gasteiger partial charge >= 0.3 is 5.97 Å². The fraction of sp³-hybridized carbons (Fsp3) is 0.333. The van der Waals surface area contributed by atoms with Crippen LogP contribution in [0.5, 0.6) is 5.75 Å². The van der Waals surface area contributed by atoms with E-state index in [-0.39, 0.29) is 6.42 Å². The molecule has 0 radical (unpaired) electrons. The second-order valence-corrected chi connectivity index (χ2v) is 5.61. The molecule has 0 aliphatic carbocycles. The number of aromatic nitrogens is 1. The smallest absolute Gasteiger partial charge is 0.310 e. The Hall–Kier alpha value is -1.88. The van der Waals surface area contributed by atoms with E-state index in [1.807, 2.05) is 38.1 Å². The zero-order valence-corrected chi connectivity index (χ0v) is 12.4. The van der Waals surface area contributed by atoms with Crippen molar-refractivity contribution in [1.29, 1.82) is 0 Å². The molecule has 0 aliphatic heterocycles. The summed E-state index contributed by atoms with van der Waals surface area (Å²) >= 11 is 1.47. The fourth-order valence-electron chi connectivity index (χ4n) is 1.91. The molecule has 1 heterocycles. The lowest BCUT2D eigenvalue weighted by atomic mass is 10.1. The second kappa shape index (κ2) is 6.52. The molecule has 0 atom stereocenters. The molecule has 0 spiro atoms. The van der Waals surface area contributed by atoms with Gasteiger partial charge in [0.1, 0.15) is 10.8 Å². The van der Waals surface area contributed by atoms with Crippen molar-refractivity contribution in [1.82, 2.24) is 4.98 Å². The van der Waals surface area contributed by atoms with Gasteiger partial charge in [-0.1, -0.05) is 12.1 Å². The van der Waals surface area contributed by atoms with Crippen LogP contribution in [0.4, 0.5) is 0 Å². The van der Waals surface area contributed by atoms with Crippen LogP contribution in [-0.4, -0.2) is 22.7 Å².